The summed E-state index contributed by atoms with van der Waals surface area (Å²) >= 11 is 3.34. The lowest BCUT2D eigenvalue weighted by molar-refractivity contribution is -0.386. The molecule has 2 aliphatic heterocycles. The number of methoxy groups -OCH3 is 1. The maximum atomic E-state index is 11.6. The molecule has 140 valence electrons. The molecule has 27 heavy (non-hydrogen) atoms. The molecule has 4 rings (SSSR count). The average molecular weight is 431 g/mol. The summed E-state index contributed by atoms with van der Waals surface area (Å²) in [5.74, 6) is 1.05. The Morgan fingerprint density at radius 2 is 2.00 bits per heavy atom. The highest BCUT2D eigenvalue weighted by atomic mass is 79.9. The SMILES string of the molecule is COc1ccc2c(c1)C(C)(C)[C@@]1(C=Cc3cc(Br)cc([N+](=O)[O-])c3O1)N2C. The van der Waals surface area contributed by atoms with E-state index in [4.69, 9.17) is 9.47 Å². The van der Waals surface area contributed by atoms with Crippen LogP contribution < -0.4 is 14.4 Å². The lowest BCUT2D eigenvalue weighted by atomic mass is 9.76. The highest BCUT2D eigenvalue weighted by Crippen LogP contribution is 2.56. The zero-order valence-electron chi connectivity index (χ0n) is 15.4. The molecule has 2 aromatic rings. The molecule has 6 nitrogen and oxygen atoms in total. The molecule has 0 radical (unpaired) electrons. The van der Waals surface area contributed by atoms with Crippen LogP contribution in [0.2, 0.25) is 0 Å². The van der Waals surface area contributed by atoms with Gasteiger partial charge in [0.2, 0.25) is 11.5 Å². The predicted octanol–water partition coefficient (Wildman–Crippen LogP) is 4.90. The van der Waals surface area contributed by atoms with E-state index in [1.807, 2.05) is 48.4 Å². The Kier molecular flexibility index (Phi) is 3.79. The first kappa shape index (κ1) is 17.9. The molecule has 0 aromatic heterocycles. The van der Waals surface area contributed by atoms with Gasteiger partial charge >= 0.3 is 5.69 Å². The van der Waals surface area contributed by atoms with Gasteiger partial charge in [-0.3, -0.25) is 10.1 Å². The fraction of sp³-hybridized carbons (Fsp3) is 0.300. The molecule has 0 amide bonds. The van der Waals surface area contributed by atoms with Crippen molar-refractivity contribution in [2.75, 3.05) is 19.1 Å². The van der Waals surface area contributed by atoms with Gasteiger partial charge in [0.1, 0.15) is 5.75 Å². The molecule has 0 N–H and O–H groups in total. The molecule has 0 aliphatic carbocycles. The van der Waals surface area contributed by atoms with Crippen molar-refractivity contribution in [3.63, 3.8) is 0 Å². The Labute approximate surface area is 165 Å². The molecule has 0 bridgehead atoms. The van der Waals surface area contributed by atoms with Crippen molar-refractivity contribution in [1.82, 2.24) is 0 Å². The number of hydrogen-bond acceptors (Lipinski definition) is 5. The number of anilines is 1. The summed E-state index contributed by atoms with van der Waals surface area (Å²) in [7, 11) is 3.58. The van der Waals surface area contributed by atoms with E-state index < -0.39 is 16.1 Å². The van der Waals surface area contributed by atoms with Gasteiger partial charge in [0.05, 0.1) is 17.4 Å². The van der Waals surface area contributed by atoms with Gasteiger partial charge in [0.15, 0.2) is 0 Å². The van der Waals surface area contributed by atoms with E-state index >= 15 is 0 Å². The number of nitro benzene ring substituents is 1. The van der Waals surface area contributed by atoms with Crippen molar-refractivity contribution >= 4 is 33.4 Å². The maximum Gasteiger partial charge on any atom is 0.312 e. The summed E-state index contributed by atoms with van der Waals surface area (Å²) in [5, 5.41) is 11.6. The number of nitro groups is 1. The fourth-order valence-corrected chi connectivity index (χ4v) is 4.57. The van der Waals surface area contributed by atoms with Gasteiger partial charge in [-0.15, -0.1) is 0 Å². The molecule has 1 atom stereocenters. The lowest BCUT2D eigenvalue weighted by Gasteiger charge is -2.45. The Morgan fingerprint density at radius 3 is 2.67 bits per heavy atom. The molecule has 0 unspecified atom stereocenters. The molecule has 2 heterocycles. The Balaban J connectivity index is 1.91. The van der Waals surface area contributed by atoms with E-state index in [1.54, 1.807) is 7.11 Å². The van der Waals surface area contributed by atoms with Crippen LogP contribution in [0.3, 0.4) is 0 Å². The Hall–Kier alpha value is -2.54. The molecular weight excluding hydrogens is 412 g/mol. The third-order valence-electron chi connectivity index (χ3n) is 5.64. The number of nitrogens with zero attached hydrogens (tertiary/aromatic N) is 2. The predicted molar refractivity (Wildman–Crippen MR) is 108 cm³/mol. The molecule has 7 heteroatoms. The molecule has 2 aromatic carbocycles. The minimum atomic E-state index is -0.882. The Bertz CT molecular complexity index is 1000. The van der Waals surface area contributed by atoms with E-state index in [0.717, 1.165) is 17.0 Å². The summed E-state index contributed by atoms with van der Waals surface area (Å²) < 4.78 is 12.5. The molecule has 2 aliphatic rings. The lowest BCUT2D eigenvalue weighted by Crippen LogP contribution is -2.58. The average Bonchev–Trinajstić information content (AvgIpc) is 2.79. The zero-order valence-corrected chi connectivity index (χ0v) is 17.0. The first-order chi connectivity index (χ1) is 12.7. The number of rotatable bonds is 2. The van der Waals surface area contributed by atoms with E-state index in [9.17, 15) is 10.1 Å². The van der Waals surface area contributed by atoms with E-state index in [1.165, 1.54) is 6.07 Å². The topological polar surface area (TPSA) is 64.8 Å². The van der Waals surface area contributed by atoms with E-state index in [2.05, 4.69) is 29.8 Å². The second kappa shape index (κ2) is 5.73. The number of ether oxygens (including phenoxy) is 2. The summed E-state index contributed by atoms with van der Waals surface area (Å²) in [6.45, 7) is 4.16. The van der Waals surface area contributed by atoms with Crippen LogP contribution in [0, 0.1) is 10.1 Å². The first-order valence-electron chi connectivity index (χ1n) is 8.50. The largest absolute Gasteiger partial charge is 0.497 e. The molecule has 1 spiro atoms. The quantitative estimate of drug-likeness (QED) is 0.500. The Morgan fingerprint density at radius 1 is 1.26 bits per heavy atom. The number of hydrogen-bond donors (Lipinski definition) is 0. The third-order valence-corrected chi connectivity index (χ3v) is 6.10. The highest BCUT2D eigenvalue weighted by molar-refractivity contribution is 9.10. The monoisotopic (exact) mass is 430 g/mol. The van der Waals surface area contributed by atoms with Crippen LogP contribution in [0.25, 0.3) is 6.08 Å². The molecular formula is C20H19BrN2O4. The highest BCUT2D eigenvalue weighted by Gasteiger charge is 2.58. The van der Waals surface area contributed by atoms with Crippen molar-refractivity contribution in [3.8, 4) is 11.5 Å². The van der Waals surface area contributed by atoms with Gasteiger partial charge in [-0.25, -0.2) is 0 Å². The van der Waals surface area contributed by atoms with E-state index in [-0.39, 0.29) is 11.4 Å². The smallest absolute Gasteiger partial charge is 0.312 e. The van der Waals surface area contributed by atoms with Gasteiger partial charge in [0, 0.05) is 28.8 Å². The first-order valence-corrected chi connectivity index (χ1v) is 9.29. The second-order valence-corrected chi connectivity index (χ2v) is 8.21. The van der Waals surface area contributed by atoms with Crippen LogP contribution in [0.5, 0.6) is 11.5 Å². The molecule has 0 saturated carbocycles. The van der Waals surface area contributed by atoms with Crippen LogP contribution in [0.1, 0.15) is 25.0 Å². The van der Waals surface area contributed by atoms with Crippen LogP contribution in [0.15, 0.2) is 40.9 Å². The summed E-state index contributed by atoms with van der Waals surface area (Å²) in [6.07, 6.45) is 3.88. The van der Waals surface area contributed by atoms with Crippen molar-refractivity contribution in [2.45, 2.75) is 25.0 Å². The maximum absolute atomic E-state index is 11.6. The second-order valence-electron chi connectivity index (χ2n) is 7.30. The van der Waals surface area contributed by atoms with Gasteiger partial charge < -0.3 is 14.4 Å². The van der Waals surface area contributed by atoms with Crippen LogP contribution in [0.4, 0.5) is 11.4 Å². The standard InChI is InChI=1S/C20H19BrN2O4/c1-19(2)15-11-14(26-4)5-6-16(15)22(3)20(19)8-7-12-9-13(21)10-17(23(24)25)18(12)27-20/h5-11H,1-4H3/t20-/m0/s1. The fourth-order valence-electron chi connectivity index (χ4n) is 4.11. The molecule has 0 fully saturated rings. The summed E-state index contributed by atoms with van der Waals surface area (Å²) in [6, 6.07) is 9.20. The third kappa shape index (κ3) is 2.31. The van der Waals surface area contributed by atoms with Crippen molar-refractivity contribution in [1.29, 1.82) is 0 Å². The van der Waals surface area contributed by atoms with Crippen molar-refractivity contribution in [3.05, 3.63) is 62.1 Å². The van der Waals surface area contributed by atoms with Crippen molar-refractivity contribution in [2.24, 2.45) is 0 Å². The van der Waals surface area contributed by atoms with Gasteiger partial charge in [-0.1, -0.05) is 15.9 Å². The number of likely N-dealkylation sites (N-methyl/N-ethyl adjacent to an activating group) is 1. The number of benzene rings is 2. The van der Waals surface area contributed by atoms with E-state index in [0.29, 0.717) is 10.0 Å². The number of fused-ring (bicyclic) bond motifs is 2. The van der Waals surface area contributed by atoms with Crippen LogP contribution in [-0.2, 0) is 5.41 Å². The van der Waals surface area contributed by atoms with Crippen molar-refractivity contribution < 1.29 is 14.4 Å². The van der Waals surface area contributed by atoms with Gasteiger partial charge in [-0.2, -0.15) is 0 Å². The zero-order chi connectivity index (χ0) is 19.6. The van der Waals surface area contributed by atoms with Gasteiger partial charge in [0.25, 0.3) is 0 Å². The minimum Gasteiger partial charge on any atom is -0.497 e. The normalized spacial score (nSPS) is 21.6. The number of halogens is 1. The summed E-state index contributed by atoms with van der Waals surface area (Å²) in [5.41, 5.74) is 1.35. The van der Waals surface area contributed by atoms with Gasteiger partial charge in [-0.05, 0) is 55.8 Å². The summed E-state index contributed by atoms with van der Waals surface area (Å²) in [4.78, 5) is 13.3. The molecule has 0 saturated heterocycles. The van der Waals surface area contributed by atoms with Crippen LogP contribution >= 0.6 is 15.9 Å². The minimum absolute atomic E-state index is 0.0548. The van der Waals surface area contributed by atoms with Crippen LogP contribution in [-0.4, -0.2) is 24.8 Å².